The monoisotopic (exact) mass is 496 g/mol. The van der Waals surface area contributed by atoms with Gasteiger partial charge in [0.05, 0.1) is 38.7 Å². The summed E-state index contributed by atoms with van der Waals surface area (Å²) < 4.78 is 0. The maximum atomic E-state index is 13.1. The molecule has 0 saturated heterocycles. The van der Waals surface area contributed by atoms with Crippen molar-refractivity contribution in [3.8, 4) is 0 Å². The number of ketones is 1. The Bertz CT molecular complexity index is 1040. The molecule has 2 aromatic carbocycles. The van der Waals surface area contributed by atoms with Crippen LogP contribution in [0.5, 0.6) is 0 Å². The van der Waals surface area contributed by atoms with Crippen LogP contribution in [0.15, 0.2) is 54.6 Å². The molecular formula is C28H36N2O6. The lowest BCUT2D eigenvalue weighted by Gasteiger charge is -2.25. The Morgan fingerprint density at radius 3 is 1.94 bits per heavy atom. The van der Waals surface area contributed by atoms with Crippen molar-refractivity contribution in [3.05, 3.63) is 82.4 Å². The normalized spacial score (nSPS) is 10.6. The number of nitrogens with zero attached hydrogens (tertiary/aromatic N) is 1. The van der Waals surface area contributed by atoms with Gasteiger partial charge in [-0.05, 0) is 64.0 Å². The molecule has 1 amide bonds. The Hall–Kier alpha value is -3.78. The summed E-state index contributed by atoms with van der Waals surface area (Å²) in [6.45, 7) is 13.8. The molecule has 0 aromatic heterocycles. The summed E-state index contributed by atoms with van der Waals surface area (Å²) >= 11 is 0. The molecule has 0 heterocycles. The molecule has 2 rings (SSSR count). The van der Waals surface area contributed by atoms with Crippen molar-refractivity contribution in [3.63, 3.8) is 0 Å². The van der Waals surface area contributed by atoms with Gasteiger partial charge in [-0.15, -0.1) is 0 Å². The number of carboxylic acids is 2. The van der Waals surface area contributed by atoms with Gasteiger partial charge in [-0.1, -0.05) is 35.9 Å². The number of Topliss-reactive ketones (excluding diaryl/α,β-unsaturated/α-hetero) is 1. The fraction of sp³-hybridized carbons (Fsp3) is 0.357. The van der Waals surface area contributed by atoms with Crippen LogP contribution in [-0.2, 0) is 9.59 Å². The molecular weight excluding hydrogens is 460 g/mol. The third-order valence-corrected chi connectivity index (χ3v) is 5.70. The summed E-state index contributed by atoms with van der Waals surface area (Å²) in [7, 11) is 0. The second-order valence-corrected chi connectivity index (χ2v) is 8.49. The SMILES string of the molecule is CC[NH+](CC)CCN(CC(=O)c1c(C)cc(C)cc1C)C(=O)c1ccccc1.O=C([O-])/C=C/C(=O)O. The van der Waals surface area contributed by atoms with Crippen LogP contribution in [0.25, 0.3) is 0 Å². The van der Waals surface area contributed by atoms with E-state index in [1.807, 2.05) is 63.2 Å². The molecule has 0 spiro atoms. The molecule has 0 aliphatic heterocycles. The second-order valence-electron chi connectivity index (χ2n) is 8.49. The molecule has 2 N–H and O–H groups in total. The number of carbonyl (C=O) groups excluding carboxylic acids is 3. The van der Waals surface area contributed by atoms with Crippen molar-refractivity contribution in [1.29, 1.82) is 0 Å². The fourth-order valence-electron chi connectivity index (χ4n) is 3.92. The van der Waals surface area contributed by atoms with Gasteiger partial charge < -0.3 is 24.8 Å². The van der Waals surface area contributed by atoms with E-state index >= 15 is 0 Å². The molecule has 0 aliphatic carbocycles. The van der Waals surface area contributed by atoms with Crippen LogP contribution >= 0.6 is 0 Å². The molecule has 36 heavy (non-hydrogen) atoms. The van der Waals surface area contributed by atoms with E-state index in [9.17, 15) is 24.3 Å². The number of rotatable bonds is 11. The van der Waals surface area contributed by atoms with E-state index in [0.717, 1.165) is 41.9 Å². The molecule has 8 heteroatoms. The number of aryl methyl sites for hydroxylation is 3. The molecule has 0 saturated carbocycles. The third kappa shape index (κ3) is 10.2. The lowest BCUT2D eigenvalue weighted by atomic mass is 9.96. The number of nitrogens with one attached hydrogen (secondary N) is 1. The maximum absolute atomic E-state index is 13.1. The number of hydrogen-bond donors (Lipinski definition) is 2. The molecule has 2 aromatic rings. The minimum Gasteiger partial charge on any atom is -0.545 e. The molecule has 0 atom stereocenters. The van der Waals surface area contributed by atoms with E-state index in [1.165, 1.54) is 4.90 Å². The van der Waals surface area contributed by atoms with Crippen molar-refractivity contribution < 1.29 is 34.3 Å². The predicted molar refractivity (Wildman–Crippen MR) is 136 cm³/mol. The Kier molecular flexibility index (Phi) is 12.8. The number of aliphatic carboxylic acids is 2. The lowest BCUT2D eigenvalue weighted by molar-refractivity contribution is -0.895. The topological polar surface area (TPSA) is 119 Å². The highest BCUT2D eigenvalue weighted by Gasteiger charge is 2.22. The van der Waals surface area contributed by atoms with Gasteiger partial charge in [0.25, 0.3) is 5.91 Å². The van der Waals surface area contributed by atoms with Gasteiger partial charge in [-0.25, -0.2) is 4.79 Å². The minimum atomic E-state index is -1.51. The summed E-state index contributed by atoms with van der Waals surface area (Å²) in [5.74, 6) is -2.88. The second kappa shape index (κ2) is 15.3. The molecule has 0 radical (unpaired) electrons. The Labute approximate surface area is 212 Å². The van der Waals surface area contributed by atoms with Crippen LogP contribution in [-0.4, -0.2) is 66.4 Å². The van der Waals surface area contributed by atoms with Crippen molar-refractivity contribution in [2.45, 2.75) is 34.6 Å². The van der Waals surface area contributed by atoms with Gasteiger partial charge >= 0.3 is 5.97 Å². The van der Waals surface area contributed by atoms with E-state index in [0.29, 0.717) is 24.3 Å². The zero-order valence-electron chi connectivity index (χ0n) is 21.7. The molecule has 0 unspecified atom stereocenters. The Morgan fingerprint density at radius 1 is 0.944 bits per heavy atom. The summed E-state index contributed by atoms with van der Waals surface area (Å²) in [5, 5.41) is 17.2. The van der Waals surface area contributed by atoms with Crippen LogP contribution in [0.3, 0.4) is 0 Å². The van der Waals surface area contributed by atoms with Crippen LogP contribution in [0, 0.1) is 20.8 Å². The van der Waals surface area contributed by atoms with E-state index in [-0.39, 0.29) is 18.2 Å². The number of carboxylic acid groups (broad SMARTS) is 2. The number of carbonyl (C=O) groups is 4. The van der Waals surface area contributed by atoms with Gasteiger partial charge in [0.15, 0.2) is 5.78 Å². The van der Waals surface area contributed by atoms with Crippen molar-refractivity contribution >= 4 is 23.6 Å². The third-order valence-electron chi connectivity index (χ3n) is 5.70. The number of amides is 1. The molecule has 0 bridgehead atoms. The largest absolute Gasteiger partial charge is 0.545 e. The lowest BCUT2D eigenvalue weighted by Crippen LogP contribution is -3.12. The zero-order valence-corrected chi connectivity index (χ0v) is 21.7. The van der Waals surface area contributed by atoms with Crippen molar-refractivity contribution in [2.24, 2.45) is 0 Å². The number of quaternary nitrogens is 1. The fourth-order valence-corrected chi connectivity index (χ4v) is 3.92. The van der Waals surface area contributed by atoms with Crippen LogP contribution in [0.2, 0.25) is 0 Å². The minimum absolute atomic E-state index is 0.00817. The smallest absolute Gasteiger partial charge is 0.328 e. The first-order chi connectivity index (χ1) is 17.0. The van der Waals surface area contributed by atoms with Gasteiger partial charge in [0.1, 0.15) is 0 Å². The van der Waals surface area contributed by atoms with Crippen LogP contribution < -0.4 is 10.0 Å². The Morgan fingerprint density at radius 2 is 1.50 bits per heavy atom. The summed E-state index contributed by atoms with van der Waals surface area (Å²) in [6.07, 6.45) is 0.942. The molecule has 194 valence electrons. The number of benzene rings is 2. The van der Waals surface area contributed by atoms with Gasteiger partial charge in [0.2, 0.25) is 0 Å². The average Bonchev–Trinajstić information content (AvgIpc) is 2.82. The van der Waals surface area contributed by atoms with E-state index in [2.05, 4.69) is 13.8 Å². The van der Waals surface area contributed by atoms with E-state index < -0.39 is 11.9 Å². The first-order valence-electron chi connectivity index (χ1n) is 11.9. The summed E-state index contributed by atoms with van der Waals surface area (Å²) in [6, 6.07) is 13.3. The maximum Gasteiger partial charge on any atom is 0.328 e. The molecule has 8 nitrogen and oxygen atoms in total. The zero-order chi connectivity index (χ0) is 27.3. The average molecular weight is 497 g/mol. The summed E-state index contributed by atoms with van der Waals surface area (Å²) in [5.41, 5.74) is 4.47. The highest BCUT2D eigenvalue weighted by Crippen LogP contribution is 2.18. The van der Waals surface area contributed by atoms with Gasteiger partial charge in [-0.3, -0.25) is 9.59 Å². The van der Waals surface area contributed by atoms with Gasteiger partial charge in [0, 0.05) is 17.2 Å². The quantitative estimate of drug-likeness (QED) is 0.357. The highest BCUT2D eigenvalue weighted by atomic mass is 16.4. The number of hydrogen-bond acceptors (Lipinski definition) is 5. The van der Waals surface area contributed by atoms with E-state index in [1.54, 1.807) is 4.90 Å². The van der Waals surface area contributed by atoms with Crippen molar-refractivity contribution in [2.75, 3.05) is 32.7 Å². The highest BCUT2D eigenvalue weighted by molar-refractivity contribution is 6.03. The molecule has 0 fully saturated rings. The van der Waals surface area contributed by atoms with Crippen LogP contribution in [0.4, 0.5) is 0 Å². The predicted octanol–water partition coefficient (Wildman–Crippen LogP) is 1.24. The molecule has 0 aliphatic rings. The van der Waals surface area contributed by atoms with Crippen LogP contribution in [0.1, 0.15) is 51.3 Å². The van der Waals surface area contributed by atoms with Gasteiger partial charge in [-0.2, -0.15) is 0 Å². The van der Waals surface area contributed by atoms with E-state index in [4.69, 9.17) is 5.11 Å². The first kappa shape index (κ1) is 30.3. The van der Waals surface area contributed by atoms with Crippen molar-refractivity contribution in [1.82, 2.24) is 4.90 Å². The number of likely N-dealkylation sites (N-methyl/N-ethyl adjacent to an activating group) is 1. The summed E-state index contributed by atoms with van der Waals surface area (Å²) in [4.78, 5) is 48.3. The standard InChI is InChI=1S/C24H32N2O2.C4H4O4/c1-6-25(7-2)13-14-26(24(28)21-11-9-8-10-12-21)17-22(27)23-19(4)15-18(3)16-20(23)5;5-3(6)1-2-4(7)8/h8-12,15-16H,6-7,13-14,17H2,1-5H3;1-2H,(H,5,6)(H,7,8)/b;2-1+. The Balaban J connectivity index is 0.000000697. The first-order valence-corrected chi connectivity index (χ1v) is 11.9.